The Morgan fingerprint density at radius 1 is 0.310 bits per heavy atom. The zero-order valence-corrected chi connectivity index (χ0v) is 68.9. The van der Waals surface area contributed by atoms with Crippen molar-refractivity contribution in [3.05, 3.63) is 36.5 Å². The van der Waals surface area contributed by atoms with Crippen LogP contribution in [0.2, 0.25) is 0 Å². The summed E-state index contributed by atoms with van der Waals surface area (Å²) in [5.41, 5.74) is 0. The average Bonchev–Trinajstić information content (AvgIpc) is 1.30. The van der Waals surface area contributed by atoms with Crippen LogP contribution in [0.5, 0.6) is 0 Å². The van der Waals surface area contributed by atoms with Gasteiger partial charge in [-0.25, -0.2) is 4.57 Å². The second-order valence-electron chi connectivity index (χ2n) is 32.0. The zero-order valence-electron chi connectivity index (χ0n) is 68.0. The van der Waals surface area contributed by atoms with Gasteiger partial charge in [0.15, 0.2) is 6.10 Å². The fourth-order valence-corrected chi connectivity index (χ4v) is 14.6. The maximum atomic E-state index is 12.9. The van der Waals surface area contributed by atoms with E-state index in [1.54, 1.807) is 0 Å². The third-order valence-electron chi connectivity index (χ3n) is 20.6. The van der Waals surface area contributed by atoms with Crippen LogP contribution in [0.15, 0.2) is 36.5 Å². The SMILES string of the molecule is CCCCCCC/C=C\C/C=C\CCCCCCCCCCCCCCCCCCCCCCCCCCCCCCCC(=O)OC(COC(=O)CCCCCCCCCCCCCCCCCCCCCCCCC/C=C\CCCCCCCCCC)COP(=O)(O)OCC[N+](C)(C)C. The first-order valence-corrected chi connectivity index (χ1v) is 46.2. The molecule has 0 spiro atoms. The lowest BCUT2D eigenvalue weighted by molar-refractivity contribution is -0.870. The van der Waals surface area contributed by atoms with Gasteiger partial charge in [-0.05, 0) is 70.6 Å². The molecule has 10 heteroatoms. The zero-order chi connectivity index (χ0) is 72.5. The third kappa shape index (κ3) is 85.2. The van der Waals surface area contributed by atoms with Crippen molar-refractivity contribution in [2.24, 2.45) is 0 Å². The van der Waals surface area contributed by atoms with Crippen LogP contribution in [-0.4, -0.2) is 74.9 Å². The Bertz CT molecular complexity index is 1780. The third-order valence-corrected chi connectivity index (χ3v) is 21.6. The highest BCUT2D eigenvalue weighted by molar-refractivity contribution is 7.47. The lowest BCUT2D eigenvalue weighted by atomic mass is 10.0. The first-order chi connectivity index (χ1) is 49.0. The largest absolute Gasteiger partial charge is 0.472 e. The van der Waals surface area contributed by atoms with E-state index in [1.807, 2.05) is 21.1 Å². The molecule has 0 bridgehead atoms. The van der Waals surface area contributed by atoms with Gasteiger partial charge < -0.3 is 18.9 Å². The highest BCUT2D eigenvalue weighted by atomic mass is 31.2. The number of hydrogen-bond acceptors (Lipinski definition) is 7. The summed E-state index contributed by atoms with van der Waals surface area (Å²) in [6.07, 6.45) is 108. The van der Waals surface area contributed by atoms with E-state index in [-0.39, 0.29) is 25.6 Å². The van der Waals surface area contributed by atoms with Crippen molar-refractivity contribution in [3.8, 4) is 0 Å². The van der Waals surface area contributed by atoms with Crippen LogP contribution >= 0.6 is 7.82 Å². The minimum Gasteiger partial charge on any atom is -0.462 e. The number of unbranched alkanes of at least 4 members (excludes halogenated alkanes) is 65. The van der Waals surface area contributed by atoms with E-state index in [9.17, 15) is 19.0 Å². The molecule has 0 aromatic rings. The van der Waals surface area contributed by atoms with Crippen LogP contribution in [0.4, 0.5) is 0 Å². The molecule has 9 nitrogen and oxygen atoms in total. The maximum Gasteiger partial charge on any atom is 0.472 e. The molecule has 0 aromatic heterocycles. The molecule has 0 amide bonds. The first-order valence-electron chi connectivity index (χ1n) is 44.7. The lowest BCUT2D eigenvalue weighted by Crippen LogP contribution is -2.37. The van der Waals surface area contributed by atoms with E-state index in [0.29, 0.717) is 17.4 Å². The van der Waals surface area contributed by atoms with Crippen LogP contribution < -0.4 is 0 Å². The molecule has 0 saturated carbocycles. The van der Waals surface area contributed by atoms with Crippen molar-refractivity contribution in [2.75, 3.05) is 47.5 Å². The van der Waals surface area contributed by atoms with Crippen LogP contribution in [0.1, 0.15) is 476 Å². The molecular weight excluding hydrogens is 1250 g/mol. The number of quaternary nitrogens is 1. The molecule has 100 heavy (non-hydrogen) atoms. The number of carbonyl (C=O) groups excluding carboxylic acids is 2. The molecule has 0 radical (unpaired) electrons. The maximum absolute atomic E-state index is 12.9. The fourth-order valence-electron chi connectivity index (χ4n) is 13.8. The highest BCUT2D eigenvalue weighted by Crippen LogP contribution is 2.43. The van der Waals surface area contributed by atoms with Gasteiger partial charge in [-0.1, -0.05) is 429 Å². The molecule has 0 rings (SSSR count). The molecule has 0 heterocycles. The fraction of sp³-hybridized carbons (Fsp3) is 0.911. The Balaban J connectivity index is 3.83. The number of phosphoric acid groups is 1. The number of likely N-dealkylation sites (N-methyl/N-ethyl adjacent to an activating group) is 1. The van der Waals surface area contributed by atoms with Gasteiger partial charge >= 0.3 is 19.8 Å². The smallest absolute Gasteiger partial charge is 0.462 e. The summed E-state index contributed by atoms with van der Waals surface area (Å²) >= 11 is 0. The molecule has 0 aliphatic heterocycles. The summed E-state index contributed by atoms with van der Waals surface area (Å²) < 4.78 is 34.9. The number of allylic oxidation sites excluding steroid dienone is 6. The summed E-state index contributed by atoms with van der Waals surface area (Å²) in [4.78, 5) is 36.1. The average molecular weight is 1430 g/mol. The van der Waals surface area contributed by atoms with Gasteiger partial charge in [-0.3, -0.25) is 18.6 Å². The van der Waals surface area contributed by atoms with Gasteiger partial charge in [0.25, 0.3) is 0 Å². The normalized spacial score (nSPS) is 13.1. The molecule has 0 aliphatic rings. The van der Waals surface area contributed by atoms with E-state index >= 15 is 0 Å². The van der Waals surface area contributed by atoms with Crippen LogP contribution in [0.25, 0.3) is 0 Å². The van der Waals surface area contributed by atoms with Crippen LogP contribution in [-0.2, 0) is 32.7 Å². The van der Waals surface area contributed by atoms with Gasteiger partial charge in [0, 0.05) is 12.8 Å². The standard InChI is InChI=1S/C90H174NO8P/c1-6-8-10-12-14-16-18-20-22-24-26-28-30-32-34-36-38-40-42-43-44-45-46-47-49-51-53-55-57-59-61-63-65-67-69-71-73-75-77-79-81-83-90(93)99-88(87-98-100(94,95)97-85-84-91(3,4)5)86-96-89(92)82-80-78-76-74-72-70-68-66-64-62-60-58-56-54-52-50-48-41-39-37-35-33-31-29-27-25-23-21-19-17-15-13-11-9-7-2/h18,20,24-27,88H,6-17,19,21-23,28-87H2,1-5H3/p+1/b20-18-,26-24-,27-25-. The van der Waals surface area contributed by atoms with Crippen molar-refractivity contribution in [1.29, 1.82) is 0 Å². The number of ether oxygens (including phenoxy) is 2. The quantitative estimate of drug-likeness (QED) is 0.0211. The highest BCUT2D eigenvalue weighted by Gasteiger charge is 2.27. The molecule has 0 aliphatic carbocycles. The summed E-state index contributed by atoms with van der Waals surface area (Å²) in [5.74, 6) is -0.767. The topological polar surface area (TPSA) is 108 Å². The number of esters is 2. The first kappa shape index (κ1) is 98.2. The Morgan fingerprint density at radius 2 is 0.540 bits per heavy atom. The molecule has 592 valence electrons. The minimum absolute atomic E-state index is 0.0360. The van der Waals surface area contributed by atoms with Gasteiger partial charge in [-0.15, -0.1) is 0 Å². The predicted molar refractivity (Wildman–Crippen MR) is 437 cm³/mol. The second kappa shape index (κ2) is 81.3. The molecular formula is C90H175NO8P+. The molecule has 0 aromatic carbocycles. The van der Waals surface area contributed by atoms with Crippen molar-refractivity contribution in [3.63, 3.8) is 0 Å². The minimum atomic E-state index is -4.39. The Hall–Kier alpha value is -1.77. The second-order valence-corrected chi connectivity index (χ2v) is 33.4. The predicted octanol–water partition coefficient (Wildman–Crippen LogP) is 30.1. The molecule has 2 atom stereocenters. The number of rotatable bonds is 85. The molecule has 1 N–H and O–H groups in total. The van der Waals surface area contributed by atoms with Crippen LogP contribution in [0.3, 0.4) is 0 Å². The van der Waals surface area contributed by atoms with Crippen LogP contribution in [0, 0.1) is 0 Å². The van der Waals surface area contributed by atoms with Crippen molar-refractivity contribution < 1.29 is 42.1 Å². The van der Waals surface area contributed by atoms with Crippen molar-refractivity contribution in [2.45, 2.75) is 482 Å². The van der Waals surface area contributed by atoms with Gasteiger partial charge in [0.05, 0.1) is 27.7 Å². The van der Waals surface area contributed by atoms with Gasteiger partial charge in [0.2, 0.25) is 0 Å². The number of nitrogens with zero attached hydrogens (tertiary/aromatic N) is 1. The molecule has 2 unspecified atom stereocenters. The van der Waals surface area contributed by atoms with E-state index in [2.05, 4.69) is 50.3 Å². The lowest BCUT2D eigenvalue weighted by Gasteiger charge is -2.24. The number of hydrogen-bond donors (Lipinski definition) is 1. The Kier molecular flexibility index (Phi) is 79.9. The van der Waals surface area contributed by atoms with E-state index in [0.717, 1.165) is 44.9 Å². The summed E-state index contributed by atoms with van der Waals surface area (Å²) in [5, 5.41) is 0. The van der Waals surface area contributed by atoms with E-state index in [4.69, 9.17) is 18.5 Å². The summed E-state index contributed by atoms with van der Waals surface area (Å²) in [6, 6.07) is 0. The van der Waals surface area contributed by atoms with Gasteiger partial charge in [-0.2, -0.15) is 0 Å². The molecule has 0 saturated heterocycles. The van der Waals surface area contributed by atoms with Gasteiger partial charge in [0.1, 0.15) is 19.8 Å². The Labute approximate surface area is 624 Å². The van der Waals surface area contributed by atoms with E-state index in [1.165, 1.54) is 405 Å². The number of phosphoric ester groups is 1. The van der Waals surface area contributed by atoms with E-state index < -0.39 is 26.5 Å². The monoisotopic (exact) mass is 1430 g/mol. The Morgan fingerprint density at radius 3 is 0.800 bits per heavy atom. The van der Waals surface area contributed by atoms with Crippen molar-refractivity contribution >= 4 is 19.8 Å². The number of carbonyl (C=O) groups is 2. The molecule has 0 fully saturated rings. The summed E-state index contributed by atoms with van der Waals surface area (Å²) in [7, 11) is 1.51. The van der Waals surface area contributed by atoms with Crippen molar-refractivity contribution in [1.82, 2.24) is 0 Å². The summed E-state index contributed by atoms with van der Waals surface area (Å²) in [6.45, 7) is 4.52.